The molecule has 1 atom stereocenters. The number of rotatable bonds is 6. The normalized spacial score (nSPS) is 11.9. The number of carbonyl (C=O) groups is 2. The second-order valence-electron chi connectivity index (χ2n) is 4.44. The topological polar surface area (TPSA) is 66.4 Å². The molecular formula is C14H19NO3. The van der Waals surface area contributed by atoms with Crippen molar-refractivity contribution in [1.29, 1.82) is 0 Å². The van der Waals surface area contributed by atoms with E-state index in [9.17, 15) is 9.59 Å². The van der Waals surface area contributed by atoms with Crippen molar-refractivity contribution < 1.29 is 14.7 Å². The van der Waals surface area contributed by atoms with Crippen LogP contribution in [-0.4, -0.2) is 17.0 Å². The zero-order valence-corrected chi connectivity index (χ0v) is 10.8. The van der Waals surface area contributed by atoms with Gasteiger partial charge in [-0.3, -0.25) is 9.59 Å². The third-order valence-electron chi connectivity index (χ3n) is 2.69. The van der Waals surface area contributed by atoms with Gasteiger partial charge in [0.25, 0.3) is 0 Å². The second-order valence-corrected chi connectivity index (χ2v) is 4.44. The first kappa shape index (κ1) is 14.2. The molecule has 1 aromatic rings. The molecule has 0 saturated carbocycles. The molecule has 0 aliphatic rings. The summed E-state index contributed by atoms with van der Waals surface area (Å²) in [7, 11) is 0. The molecule has 4 heteroatoms. The minimum Gasteiger partial charge on any atom is -0.481 e. The number of hydrogen-bond acceptors (Lipinski definition) is 2. The number of hydrogen-bond donors (Lipinski definition) is 2. The molecule has 1 rings (SSSR count). The lowest BCUT2D eigenvalue weighted by molar-refractivity contribution is -0.139. The van der Waals surface area contributed by atoms with Gasteiger partial charge in [0.15, 0.2) is 0 Å². The maximum atomic E-state index is 11.7. The minimum absolute atomic E-state index is 0.153. The molecule has 0 aliphatic heterocycles. The Balaban J connectivity index is 2.56. The molecule has 1 amide bonds. The molecule has 0 bridgehead atoms. The first-order valence-corrected chi connectivity index (χ1v) is 6.14. The number of carboxylic acids is 1. The monoisotopic (exact) mass is 249 g/mol. The molecule has 0 saturated heterocycles. The lowest BCUT2D eigenvalue weighted by Crippen LogP contribution is -2.22. The Hall–Kier alpha value is -1.84. The van der Waals surface area contributed by atoms with Crippen LogP contribution >= 0.6 is 0 Å². The van der Waals surface area contributed by atoms with E-state index in [1.54, 1.807) is 6.92 Å². The average molecular weight is 249 g/mol. The Morgan fingerprint density at radius 3 is 2.39 bits per heavy atom. The predicted octanol–water partition coefficient (Wildman–Crippen LogP) is 2.69. The van der Waals surface area contributed by atoms with Gasteiger partial charge < -0.3 is 10.4 Å². The highest BCUT2D eigenvalue weighted by Gasteiger charge is 2.16. The molecule has 2 N–H and O–H groups in total. The van der Waals surface area contributed by atoms with Gasteiger partial charge in [0.2, 0.25) is 5.91 Å². The van der Waals surface area contributed by atoms with Gasteiger partial charge in [-0.25, -0.2) is 0 Å². The first-order valence-electron chi connectivity index (χ1n) is 6.14. The van der Waals surface area contributed by atoms with Crippen LogP contribution in [0.4, 0.5) is 5.69 Å². The van der Waals surface area contributed by atoms with Crippen molar-refractivity contribution in [2.75, 3.05) is 5.32 Å². The van der Waals surface area contributed by atoms with Crippen LogP contribution in [0.1, 0.15) is 32.3 Å². The van der Waals surface area contributed by atoms with Gasteiger partial charge in [0.05, 0.1) is 6.42 Å². The maximum Gasteiger partial charge on any atom is 0.304 e. The fourth-order valence-corrected chi connectivity index (χ4v) is 1.66. The SMILES string of the molecule is CCCc1ccc(NC(=O)C(C)CC(=O)O)cc1. The van der Waals surface area contributed by atoms with E-state index in [1.165, 1.54) is 5.56 Å². The van der Waals surface area contributed by atoms with E-state index >= 15 is 0 Å². The highest BCUT2D eigenvalue weighted by Crippen LogP contribution is 2.13. The van der Waals surface area contributed by atoms with E-state index in [0.29, 0.717) is 5.69 Å². The summed E-state index contributed by atoms with van der Waals surface area (Å²) in [6.07, 6.45) is 1.95. The van der Waals surface area contributed by atoms with Crippen LogP contribution in [0.25, 0.3) is 0 Å². The van der Waals surface area contributed by atoms with Crippen LogP contribution in [0.2, 0.25) is 0 Å². The molecule has 0 aliphatic carbocycles. The van der Waals surface area contributed by atoms with Crippen molar-refractivity contribution in [3.63, 3.8) is 0 Å². The fraction of sp³-hybridized carbons (Fsp3) is 0.429. The number of carboxylic acid groups (broad SMARTS) is 1. The molecule has 1 unspecified atom stereocenters. The molecule has 98 valence electrons. The van der Waals surface area contributed by atoms with Crippen LogP contribution < -0.4 is 5.32 Å². The number of aliphatic carboxylic acids is 1. The van der Waals surface area contributed by atoms with Gasteiger partial charge in [-0.15, -0.1) is 0 Å². The molecule has 1 aromatic carbocycles. The van der Waals surface area contributed by atoms with E-state index in [-0.39, 0.29) is 12.3 Å². The van der Waals surface area contributed by atoms with Gasteiger partial charge in [-0.2, -0.15) is 0 Å². The van der Waals surface area contributed by atoms with Crippen LogP contribution in [0, 0.1) is 5.92 Å². The van der Waals surface area contributed by atoms with Crippen LogP contribution in [0.5, 0.6) is 0 Å². The molecule has 0 fully saturated rings. The van der Waals surface area contributed by atoms with Crippen LogP contribution in [0.3, 0.4) is 0 Å². The van der Waals surface area contributed by atoms with Crippen LogP contribution in [-0.2, 0) is 16.0 Å². The summed E-state index contributed by atoms with van der Waals surface area (Å²) in [5, 5.41) is 11.3. The Labute approximate surface area is 107 Å². The minimum atomic E-state index is -0.962. The third kappa shape index (κ3) is 4.57. The molecule has 0 heterocycles. The largest absolute Gasteiger partial charge is 0.481 e. The molecule has 18 heavy (non-hydrogen) atoms. The number of amides is 1. The summed E-state index contributed by atoms with van der Waals surface area (Å²) in [5.74, 6) is -1.76. The fourth-order valence-electron chi connectivity index (χ4n) is 1.66. The van der Waals surface area contributed by atoms with Crippen molar-refractivity contribution >= 4 is 17.6 Å². The van der Waals surface area contributed by atoms with Gasteiger partial charge in [0, 0.05) is 11.6 Å². The second kappa shape index (κ2) is 6.79. The van der Waals surface area contributed by atoms with Crippen molar-refractivity contribution in [2.24, 2.45) is 5.92 Å². The number of aryl methyl sites for hydroxylation is 1. The lowest BCUT2D eigenvalue weighted by Gasteiger charge is -2.10. The molecule has 4 nitrogen and oxygen atoms in total. The average Bonchev–Trinajstić information content (AvgIpc) is 2.31. The van der Waals surface area contributed by atoms with E-state index in [2.05, 4.69) is 12.2 Å². The molecule has 0 radical (unpaired) electrons. The summed E-state index contributed by atoms with van der Waals surface area (Å²) >= 11 is 0. The Bertz CT molecular complexity index is 412. The maximum absolute atomic E-state index is 11.7. The van der Waals surface area contributed by atoms with Crippen molar-refractivity contribution in [1.82, 2.24) is 0 Å². The summed E-state index contributed by atoms with van der Waals surface area (Å²) in [4.78, 5) is 22.2. The number of carbonyl (C=O) groups excluding carboxylic acids is 1. The third-order valence-corrected chi connectivity index (χ3v) is 2.69. The van der Waals surface area contributed by atoms with Crippen molar-refractivity contribution in [3.8, 4) is 0 Å². The predicted molar refractivity (Wildman–Crippen MR) is 70.5 cm³/mol. The standard InChI is InChI=1S/C14H19NO3/c1-3-4-11-5-7-12(8-6-11)15-14(18)10(2)9-13(16)17/h5-8,10H,3-4,9H2,1-2H3,(H,15,18)(H,16,17). The van der Waals surface area contributed by atoms with Gasteiger partial charge in [-0.05, 0) is 24.1 Å². The van der Waals surface area contributed by atoms with Crippen molar-refractivity contribution in [2.45, 2.75) is 33.1 Å². The smallest absolute Gasteiger partial charge is 0.304 e. The first-order chi connectivity index (χ1) is 8.52. The Morgan fingerprint density at radius 1 is 1.28 bits per heavy atom. The van der Waals surface area contributed by atoms with Gasteiger partial charge in [0.1, 0.15) is 0 Å². The van der Waals surface area contributed by atoms with Crippen molar-refractivity contribution in [3.05, 3.63) is 29.8 Å². The van der Waals surface area contributed by atoms with E-state index in [0.717, 1.165) is 12.8 Å². The molecular weight excluding hydrogens is 230 g/mol. The quantitative estimate of drug-likeness (QED) is 0.814. The summed E-state index contributed by atoms with van der Waals surface area (Å²) < 4.78 is 0. The van der Waals surface area contributed by atoms with E-state index < -0.39 is 11.9 Å². The molecule has 0 aromatic heterocycles. The van der Waals surface area contributed by atoms with Crippen LogP contribution in [0.15, 0.2) is 24.3 Å². The highest BCUT2D eigenvalue weighted by atomic mass is 16.4. The lowest BCUT2D eigenvalue weighted by atomic mass is 10.1. The highest BCUT2D eigenvalue weighted by molar-refractivity contribution is 5.94. The Kier molecular flexibility index (Phi) is 5.36. The number of benzene rings is 1. The van der Waals surface area contributed by atoms with Gasteiger partial charge >= 0.3 is 5.97 Å². The summed E-state index contributed by atoms with van der Waals surface area (Å²) in [6.45, 7) is 3.72. The summed E-state index contributed by atoms with van der Waals surface area (Å²) in [5.41, 5.74) is 1.94. The Morgan fingerprint density at radius 2 is 1.89 bits per heavy atom. The number of nitrogens with one attached hydrogen (secondary N) is 1. The number of anilines is 1. The zero-order valence-electron chi connectivity index (χ0n) is 10.8. The van der Waals surface area contributed by atoms with E-state index in [1.807, 2.05) is 24.3 Å². The zero-order chi connectivity index (χ0) is 13.5. The van der Waals surface area contributed by atoms with E-state index in [4.69, 9.17) is 5.11 Å². The summed E-state index contributed by atoms with van der Waals surface area (Å²) in [6, 6.07) is 7.63. The van der Waals surface area contributed by atoms with Gasteiger partial charge in [-0.1, -0.05) is 32.4 Å². The molecule has 0 spiro atoms.